The van der Waals surface area contributed by atoms with Crippen LogP contribution in [0.4, 0.5) is 13.2 Å². The minimum atomic E-state index is -6.09. The van der Waals surface area contributed by atoms with Gasteiger partial charge in [0.25, 0.3) is 6.33 Å². The number of aromatic nitrogens is 3. The first-order chi connectivity index (χ1) is 19.1. The number of aryl methyl sites for hydroxylation is 2. The standard InChI is InChI=1S/C23H24N4O4S2.CHF3O3S/c1-12-16(19(23(30)31)27-18(12)17(13(2)28)20(27)29)15-10-26-11-25(21(32-3)22(26)33-15)9-7-14-6-4-5-8-24-14;2-1(3,4)8(5,6)7/h4-6,8,10-13,17-18,28H,7,9H2,1-3H3;(H,5,6,7)/t12-,13+,17+,18+;/m0./s1. The lowest BCUT2D eigenvalue weighted by atomic mass is 9.77. The molecule has 3 aromatic heterocycles. The Labute approximate surface area is 240 Å². The van der Waals surface area contributed by atoms with E-state index in [1.165, 1.54) is 16.2 Å². The Balaban J connectivity index is 0.000000426. The molecule has 17 heteroatoms. The van der Waals surface area contributed by atoms with E-state index in [0.717, 1.165) is 33.4 Å². The molecule has 0 aromatic carbocycles. The van der Waals surface area contributed by atoms with Crippen molar-refractivity contribution >= 4 is 55.5 Å². The fourth-order valence-electron chi connectivity index (χ4n) is 5.10. The van der Waals surface area contributed by atoms with E-state index in [0.29, 0.717) is 5.57 Å². The summed E-state index contributed by atoms with van der Waals surface area (Å²) in [5.74, 6) is -2.15. The molecule has 1 fully saturated rings. The number of amides is 1. The fourth-order valence-corrected chi connectivity index (χ4v) is 7.30. The molecule has 0 aliphatic carbocycles. The Kier molecular flexibility index (Phi) is 8.57. The van der Waals surface area contributed by atoms with Crippen LogP contribution >= 0.6 is 23.1 Å². The molecule has 3 aromatic rings. The van der Waals surface area contributed by atoms with Gasteiger partial charge in [0, 0.05) is 29.8 Å². The summed E-state index contributed by atoms with van der Waals surface area (Å²) in [6.07, 6.45) is 7.82. The fraction of sp³-hybridized carbons (Fsp3) is 0.417. The van der Waals surface area contributed by atoms with Crippen molar-refractivity contribution in [3.63, 3.8) is 0 Å². The number of alkyl halides is 3. The third-order valence-corrected chi connectivity index (χ3v) is 9.51. The third kappa shape index (κ3) is 5.73. The number of aliphatic hydroxyl groups is 1. The van der Waals surface area contributed by atoms with E-state index >= 15 is 0 Å². The van der Waals surface area contributed by atoms with Crippen LogP contribution in [0.15, 0.2) is 47.6 Å². The molecule has 2 aliphatic heterocycles. The molecule has 222 valence electrons. The maximum atomic E-state index is 12.6. The smallest absolute Gasteiger partial charge is 0.485 e. The van der Waals surface area contributed by atoms with Crippen LogP contribution < -0.4 is 4.40 Å². The van der Waals surface area contributed by atoms with E-state index in [1.807, 2.05) is 48.3 Å². The van der Waals surface area contributed by atoms with Gasteiger partial charge in [-0.3, -0.25) is 9.78 Å². The summed E-state index contributed by atoms with van der Waals surface area (Å²) >= 11 is 3.19. The van der Waals surface area contributed by atoms with Gasteiger partial charge < -0.3 is 19.7 Å². The number of aliphatic hydroxyl groups excluding tert-OH is 1. The van der Waals surface area contributed by atoms with Gasteiger partial charge in [-0.2, -0.15) is 17.6 Å². The SMILES string of the molecule is CSc1c2sc(C3=C(C(=O)O)N4C(=O)[C@H]([C@@H](C)O)[C@H]4[C@H]3C)c[n+]2cn1CCc1ccccn1.O=S(=O)([O-])C(F)(F)F. The second-order valence-electron chi connectivity index (χ2n) is 9.42. The zero-order valence-electron chi connectivity index (χ0n) is 21.8. The number of carboxylic acids is 1. The van der Waals surface area contributed by atoms with Crippen molar-refractivity contribution in [2.45, 2.75) is 49.5 Å². The minimum absolute atomic E-state index is 0.0487. The lowest BCUT2D eigenvalue weighted by molar-refractivity contribution is -0.508. The topological polar surface area (TPSA) is 157 Å². The Morgan fingerprint density at radius 1 is 1.34 bits per heavy atom. The number of halogens is 3. The molecule has 2 aliphatic rings. The van der Waals surface area contributed by atoms with Gasteiger partial charge in [0.2, 0.25) is 15.8 Å². The number of hydrogen-bond acceptors (Lipinski definition) is 9. The van der Waals surface area contributed by atoms with Crippen molar-refractivity contribution < 1.29 is 50.3 Å². The summed E-state index contributed by atoms with van der Waals surface area (Å²) in [5, 5.41) is 21.1. The number of carboxylic acid groups (broad SMARTS) is 1. The van der Waals surface area contributed by atoms with Crippen LogP contribution in [0, 0.1) is 11.8 Å². The first-order valence-electron chi connectivity index (χ1n) is 12.1. The molecular formula is C24H25F3N4O7S3. The second-order valence-corrected chi connectivity index (χ2v) is 12.6. The van der Waals surface area contributed by atoms with Crippen molar-refractivity contribution in [2.24, 2.45) is 11.8 Å². The monoisotopic (exact) mass is 634 g/mol. The summed E-state index contributed by atoms with van der Waals surface area (Å²) < 4.78 is 63.1. The summed E-state index contributed by atoms with van der Waals surface area (Å²) in [6.45, 7) is 4.33. The molecule has 2 N–H and O–H groups in total. The van der Waals surface area contributed by atoms with E-state index in [4.69, 9.17) is 13.0 Å². The molecule has 41 heavy (non-hydrogen) atoms. The van der Waals surface area contributed by atoms with Gasteiger partial charge in [-0.15, -0.1) is 0 Å². The molecule has 0 saturated carbocycles. The number of thiazole rings is 1. The predicted molar refractivity (Wildman–Crippen MR) is 140 cm³/mol. The van der Waals surface area contributed by atoms with E-state index < -0.39 is 33.6 Å². The average molecular weight is 635 g/mol. The van der Waals surface area contributed by atoms with Gasteiger partial charge in [-0.25, -0.2) is 17.8 Å². The van der Waals surface area contributed by atoms with Gasteiger partial charge in [-0.1, -0.05) is 36.1 Å². The van der Waals surface area contributed by atoms with Gasteiger partial charge in [0.1, 0.15) is 11.9 Å². The van der Waals surface area contributed by atoms with Crippen LogP contribution in [0.1, 0.15) is 24.4 Å². The highest BCUT2D eigenvalue weighted by Crippen LogP contribution is 2.51. The molecule has 1 saturated heterocycles. The molecule has 5 rings (SSSR count). The summed E-state index contributed by atoms with van der Waals surface area (Å²) in [5.41, 5.74) is -3.89. The van der Waals surface area contributed by atoms with E-state index in [2.05, 4.69) is 9.55 Å². The number of rotatable bonds is 7. The van der Waals surface area contributed by atoms with E-state index in [-0.39, 0.29) is 23.6 Å². The average Bonchev–Trinajstić information content (AvgIpc) is 3.49. The molecule has 4 atom stereocenters. The zero-order valence-corrected chi connectivity index (χ0v) is 24.2. The van der Waals surface area contributed by atoms with Gasteiger partial charge in [-0.05, 0) is 25.3 Å². The zero-order chi connectivity index (χ0) is 30.4. The number of nitrogens with zero attached hydrogens (tertiary/aromatic N) is 4. The van der Waals surface area contributed by atoms with Crippen molar-refractivity contribution in [3.8, 4) is 0 Å². The molecule has 5 heterocycles. The second kappa shape index (κ2) is 11.4. The number of β-lactam (4-membered cyclic amide) rings is 1. The summed E-state index contributed by atoms with van der Waals surface area (Å²) in [7, 11) is -6.09. The van der Waals surface area contributed by atoms with Gasteiger partial charge in [0.05, 0.1) is 29.5 Å². The molecule has 0 bridgehead atoms. The van der Waals surface area contributed by atoms with E-state index in [1.54, 1.807) is 24.9 Å². The van der Waals surface area contributed by atoms with Crippen molar-refractivity contribution in [2.75, 3.05) is 6.26 Å². The Bertz CT molecular complexity index is 1620. The number of hydrogen-bond donors (Lipinski definition) is 2. The highest BCUT2D eigenvalue weighted by molar-refractivity contribution is 7.98. The maximum Gasteiger partial charge on any atom is 0.485 e. The van der Waals surface area contributed by atoms with Gasteiger partial charge in [0.15, 0.2) is 10.1 Å². The number of thioether (sulfide) groups is 1. The Hall–Kier alpha value is -2.99. The van der Waals surface area contributed by atoms with Crippen molar-refractivity contribution in [1.82, 2.24) is 14.5 Å². The largest absolute Gasteiger partial charge is 0.741 e. The Morgan fingerprint density at radius 3 is 2.51 bits per heavy atom. The van der Waals surface area contributed by atoms with Crippen LogP contribution in [0.3, 0.4) is 0 Å². The molecule has 0 unspecified atom stereocenters. The summed E-state index contributed by atoms with van der Waals surface area (Å²) in [4.78, 5) is 32.4. The first kappa shape index (κ1) is 31.0. The molecule has 0 radical (unpaired) electrons. The minimum Gasteiger partial charge on any atom is -0.741 e. The number of carbonyl (C=O) groups excluding carboxylic acids is 1. The normalized spacial score (nSPS) is 21.4. The van der Waals surface area contributed by atoms with Gasteiger partial charge >= 0.3 is 11.5 Å². The number of fused-ring (bicyclic) bond motifs is 2. The van der Waals surface area contributed by atoms with E-state index in [9.17, 15) is 33.0 Å². The highest BCUT2D eigenvalue weighted by Gasteiger charge is 2.60. The number of carbonyl (C=O) groups is 2. The lowest BCUT2D eigenvalue weighted by Gasteiger charge is -2.46. The quantitative estimate of drug-likeness (QED) is 0.131. The first-order valence-corrected chi connectivity index (χ1v) is 15.5. The molecule has 11 nitrogen and oxygen atoms in total. The predicted octanol–water partition coefficient (Wildman–Crippen LogP) is 2.35. The molecular weight excluding hydrogens is 609 g/mol. The van der Waals surface area contributed by atoms with Crippen LogP contribution in [-0.4, -0.2) is 73.4 Å². The van der Waals surface area contributed by atoms with Crippen LogP contribution in [0.2, 0.25) is 0 Å². The van der Waals surface area contributed by atoms with Crippen LogP contribution in [-0.2, 0) is 32.7 Å². The third-order valence-electron chi connectivity index (χ3n) is 6.86. The lowest BCUT2D eigenvalue weighted by Crippen LogP contribution is -2.63. The number of aliphatic carboxylic acids is 1. The van der Waals surface area contributed by atoms with Crippen LogP contribution in [0.25, 0.3) is 10.4 Å². The van der Waals surface area contributed by atoms with Crippen LogP contribution in [0.5, 0.6) is 0 Å². The summed E-state index contributed by atoms with van der Waals surface area (Å²) in [6, 6.07) is 5.59. The molecule has 0 spiro atoms. The number of imidazole rings is 1. The maximum absolute atomic E-state index is 12.6. The highest BCUT2D eigenvalue weighted by atomic mass is 32.2. The number of pyridine rings is 1. The van der Waals surface area contributed by atoms with Crippen molar-refractivity contribution in [1.29, 1.82) is 0 Å². The molecule has 1 amide bonds. The Morgan fingerprint density at radius 2 is 2.00 bits per heavy atom. The van der Waals surface area contributed by atoms with Crippen molar-refractivity contribution in [3.05, 3.63) is 53.2 Å².